The summed E-state index contributed by atoms with van der Waals surface area (Å²) in [7, 11) is 3.01. The molecule has 0 aliphatic carbocycles. The van der Waals surface area contributed by atoms with Crippen LogP contribution in [0, 0.1) is 0 Å². The van der Waals surface area contributed by atoms with Crippen molar-refractivity contribution in [3.8, 4) is 0 Å². The number of imidazole rings is 1. The van der Waals surface area contributed by atoms with Gasteiger partial charge < -0.3 is 14.2 Å². The van der Waals surface area contributed by atoms with Gasteiger partial charge in [-0.2, -0.15) is 0 Å². The largest absolute Gasteiger partial charge is 0.378 e. The molecule has 3 aromatic rings. The van der Waals surface area contributed by atoms with E-state index in [0.29, 0.717) is 42.0 Å². The number of ether oxygens (including phenoxy) is 1. The topological polar surface area (TPSA) is 91.4 Å². The third-order valence-electron chi connectivity index (χ3n) is 5.29. The predicted molar refractivity (Wildman–Crippen MR) is 119 cm³/mol. The molecular weight excluding hydrogens is 442 g/mol. The van der Waals surface area contributed by atoms with E-state index in [9.17, 15) is 14.4 Å². The fourth-order valence-electron chi connectivity index (χ4n) is 3.51. The van der Waals surface area contributed by atoms with Gasteiger partial charge in [-0.3, -0.25) is 18.7 Å². The van der Waals surface area contributed by atoms with Crippen molar-refractivity contribution < 1.29 is 9.53 Å². The third kappa shape index (κ3) is 4.15. The van der Waals surface area contributed by atoms with Crippen LogP contribution in [0.25, 0.3) is 11.2 Å². The van der Waals surface area contributed by atoms with Crippen LogP contribution in [-0.2, 0) is 30.2 Å². The molecule has 3 heterocycles. The number of hydrogen-bond donors (Lipinski definition) is 0. The number of carbonyl (C=O) groups is 1. The van der Waals surface area contributed by atoms with Gasteiger partial charge in [-0.05, 0) is 11.6 Å². The second-order valence-corrected chi connectivity index (χ2v) is 8.58. The standard InChI is InChI=1S/C20H22ClN5O4S/c1-23-17-16(18(28)24(2)20(23)29)26(11-13-5-3-4-6-14(13)21)19(22-17)31-12-15(27)25-7-9-30-10-8-25/h3-6H,7-12H2,1-2H3. The number of rotatable bonds is 5. The minimum Gasteiger partial charge on any atom is -0.378 e. The molecule has 9 nitrogen and oxygen atoms in total. The summed E-state index contributed by atoms with van der Waals surface area (Å²) in [6.07, 6.45) is 0. The molecule has 1 amide bonds. The lowest BCUT2D eigenvalue weighted by Crippen LogP contribution is -2.41. The number of carbonyl (C=O) groups excluding carboxylic acids is 1. The highest BCUT2D eigenvalue weighted by Crippen LogP contribution is 2.25. The smallest absolute Gasteiger partial charge is 0.332 e. The van der Waals surface area contributed by atoms with E-state index in [1.54, 1.807) is 22.6 Å². The Morgan fingerprint density at radius 1 is 1.16 bits per heavy atom. The van der Waals surface area contributed by atoms with Gasteiger partial charge in [-0.15, -0.1) is 0 Å². The van der Waals surface area contributed by atoms with Crippen molar-refractivity contribution in [2.75, 3.05) is 32.1 Å². The summed E-state index contributed by atoms with van der Waals surface area (Å²) in [5.74, 6) is 0.145. The van der Waals surface area contributed by atoms with Crippen LogP contribution >= 0.6 is 23.4 Å². The van der Waals surface area contributed by atoms with Gasteiger partial charge in [0.15, 0.2) is 16.3 Å². The average Bonchev–Trinajstić information content (AvgIpc) is 3.15. The number of hydrogen-bond acceptors (Lipinski definition) is 6. The molecule has 0 atom stereocenters. The maximum atomic E-state index is 13.0. The molecule has 0 unspecified atom stereocenters. The molecule has 1 aliphatic rings. The van der Waals surface area contributed by atoms with Crippen LogP contribution in [0.4, 0.5) is 0 Å². The van der Waals surface area contributed by atoms with Crippen molar-refractivity contribution in [1.29, 1.82) is 0 Å². The van der Waals surface area contributed by atoms with Crippen molar-refractivity contribution in [3.63, 3.8) is 0 Å². The minimum absolute atomic E-state index is 0.0218. The number of benzene rings is 1. The van der Waals surface area contributed by atoms with E-state index < -0.39 is 11.2 Å². The Kier molecular flexibility index (Phi) is 6.22. The minimum atomic E-state index is -0.458. The van der Waals surface area contributed by atoms with E-state index >= 15 is 0 Å². The molecule has 0 N–H and O–H groups in total. The van der Waals surface area contributed by atoms with Crippen LogP contribution in [0.2, 0.25) is 5.02 Å². The maximum Gasteiger partial charge on any atom is 0.332 e. The van der Waals surface area contributed by atoms with Gasteiger partial charge in [-0.25, -0.2) is 9.78 Å². The molecule has 1 saturated heterocycles. The molecule has 0 spiro atoms. The van der Waals surface area contributed by atoms with Gasteiger partial charge in [0.05, 0.1) is 25.5 Å². The van der Waals surface area contributed by atoms with E-state index in [-0.39, 0.29) is 23.9 Å². The molecule has 2 aromatic heterocycles. The van der Waals surface area contributed by atoms with Crippen LogP contribution in [0.5, 0.6) is 0 Å². The third-order valence-corrected chi connectivity index (χ3v) is 6.62. The van der Waals surface area contributed by atoms with Crippen LogP contribution < -0.4 is 11.2 Å². The van der Waals surface area contributed by atoms with E-state index in [1.807, 2.05) is 18.2 Å². The molecular formula is C20H22ClN5O4S. The Morgan fingerprint density at radius 2 is 1.87 bits per heavy atom. The van der Waals surface area contributed by atoms with Crippen LogP contribution in [0.1, 0.15) is 5.56 Å². The molecule has 1 aromatic carbocycles. The molecule has 1 fully saturated rings. The lowest BCUT2D eigenvalue weighted by molar-refractivity contribution is -0.132. The summed E-state index contributed by atoms with van der Waals surface area (Å²) in [6.45, 7) is 2.46. The van der Waals surface area contributed by atoms with Gasteiger partial charge in [-0.1, -0.05) is 41.6 Å². The Balaban J connectivity index is 1.76. The van der Waals surface area contributed by atoms with Crippen LogP contribution in [0.15, 0.2) is 39.0 Å². The molecule has 0 saturated carbocycles. The SMILES string of the molecule is Cn1c(=O)c2c(nc(SCC(=O)N3CCOCC3)n2Cc2ccccc2Cl)n(C)c1=O. The molecule has 0 bridgehead atoms. The first-order chi connectivity index (χ1) is 14.9. The second-order valence-electron chi connectivity index (χ2n) is 7.23. The van der Waals surface area contributed by atoms with Crippen LogP contribution in [0.3, 0.4) is 0 Å². The van der Waals surface area contributed by atoms with E-state index in [1.165, 1.54) is 23.4 Å². The quantitative estimate of drug-likeness (QED) is 0.526. The van der Waals surface area contributed by atoms with Crippen LogP contribution in [-0.4, -0.2) is 61.5 Å². The molecule has 4 rings (SSSR count). The van der Waals surface area contributed by atoms with Crippen molar-refractivity contribution in [1.82, 2.24) is 23.6 Å². The number of nitrogens with zero attached hydrogens (tertiary/aromatic N) is 5. The number of halogens is 1. The zero-order chi connectivity index (χ0) is 22.1. The Morgan fingerprint density at radius 3 is 2.58 bits per heavy atom. The second kappa shape index (κ2) is 8.89. The summed E-state index contributed by atoms with van der Waals surface area (Å²) in [4.78, 5) is 44.3. The fourth-order valence-corrected chi connectivity index (χ4v) is 4.60. The van der Waals surface area contributed by atoms with Crippen molar-refractivity contribution in [3.05, 3.63) is 55.7 Å². The highest BCUT2D eigenvalue weighted by Gasteiger charge is 2.22. The van der Waals surface area contributed by atoms with E-state index in [2.05, 4.69) is 4.98 Å². The van der Waals surface area contributed by atoms with Gasteiger partial charge in [0.2, 0.25) is 5.91 Å². The first-order valence-corrected chi connectivity index (χ1v) is 11.1. The summed E-state index contributed by atoms with van der Waals surface area (Å²) >= 11 is 7.59. The van der Waals surface area contributed by atoms with Gasteiger partial charge in [0, 0.05) is 32.2 Å². The number of fused-ring (bicyclic) bond motifs is 1. The number of aryl methyl sites for hydroxylation is 1. The lowest BCUT2D eigenvalue weighted by atomic mass is 10.2. The van der Waals surface area contributed by atoms with E-state index in [0.717, 1.165) is 10.1 Å². The van der Waals surface area contributed by atoms with Gasteiger partial charge >= 0.3 is 5.69 Å². The van der Waals surface area contributed by atoms with Crippen molar-refractivity contribution in [2.24, 2.45) is 14.1 Å². The molecule has 31 heavy (non-hydrogen) atoms. The predicted octanol–water partition coefficient (Wildman–Crippen LogP) is 1.09. The monoisotopic (exact) mass is 463 g/mol. The lowest BCUT2D eigenvalue weighted by Gasteiger charge is -2.26. The summed E-state index contributed by atoms with van der Waals surface area (Å²) in [5.41, 5.74) is 0.484. The van der Waals surface area contributed by atoms with Crippen molar-refractivity contribution >= 4 is 40.4 Å². The zero-order valence-electron chi connectivity index (χ0n) is 17.2. The molecule has 11 heteroatoms. The Labute approximate surface area is 187 Å². The fraction of sp³-hybridized carbons (Fsp3) is 0.400. The summed E-state index contributed by atoms with van der Waals surface area (Å²) in [6, 6.07) is 7.34. The summed E-state index contributed by atoms with van der Waals surface area (Å²) in [5, 5.41) is 1.04. The maximum absolute atomic E-state index is 13.0. The Bertz CT molecular complexity index is 1260. The first kappa shape index (κ1) is 21.7. The Hall–Kier alpha value is -2.56. The number of amides is 1. The average molecular weight is 464 g/mol. The highest BCUT2D eigenvalue weighted by molar-refractivity contribution is 7.99. The molecule has 164 valence electrons. The number of aromatic nitrogens is 4. The van der Waals surface area contributed by atoms with Gasteiger partial charge in [0.1, 0.15) is 0 Å². The number of morpholine rings is 1. The normalized spacial score (nSPS) is 14.4. The number of thioether (sulfide) groups is 1. The highest BCUT2D eigenvalue weighted by atomic mass is 35.5. The van der Waals surface area contributed by atoms with Crippen molar-refractivity contribution in [2.45, 2.75) is 11.7 Å². The first-order valence-electron chi connectivity index (χ1n) is 9.76. The molecule has 0 radical (unpaired) electrons. The van der Waals surface area contributed by atoms with E-state index in [4.69, 9.17) is 16.3 Å². The zero-order valence-corrected chi connectivity index (χ0v) is 18.8. The van der Waals surface area contributed by atoms with Gasteiger partial charge in [0.25, 0.3) is 5.56 Å². The molecule has 1 aliphatic heterocycles. The summed E-state index contributed by atoms with van der Waals surface area (Å²) < 4.78 is 9.43.